The number of aryl methyl sites for hydroxylation is 1. The molecule has 18 heteroatoms. The molecule has 1 atom stereocenters. The predicted molar refractivity (Wildman–Crippen MR) is 182 cm³/mol. The van der Waals surface area contributed by atoms with Crippen LogP contribution in [-0.2, 0) is 50.0 Å². The van der Waals surface area contributed by atoms with E-state index in [1.165, 1.54) is 0 Å². The van der Waals surface area contributed by atoms with Crippen LogP contribution < -0.4 is 15.6 Å². The maximum absolute atomic E-state index is 12.4. The average Bonchev–Trinajstić information content (AvgIpc) is 3.05. The molecule has 50 heavy (non-hydrogen) atoms. The Morgan fingerprint density at radius 1 is 0.880 bits per heavy atom. The molecule has 1 amide bonds. The number of carboxylic acids is 1. The summed E-state index contributed by atoms with van der Waals surface area (Å²) in [6.07, 6.45) is 0.271. The normalized spacial score (nSPS) is 12.1. The molecule has 0 aliphatic rings. The number of pyridine rings is 1. The molecule has 1 heterocycles. The van der Waals surface area contributed by atoms with Crippen LogP contribution in [0.1, 0.15) is 25.7 Å². The minimum absolute atomic E-state index is 0.0220. The number of ether oxygens (including phenoxy) is 4. The first-order chi connectivity index (χ1) is 24.0. The van der Waals surface area contributed by atoms with Crippen LogP contribution in [-0.4, -0.2) is 101 Å². The van der Waals surface area contributed by atoms with Gasteiger partial charge >= 0.3 is 5.97 Å². The van der Waals surface area contributed by atoms with Gasteiger partial charge in [-0.3, -0.25) is 18.9 Å². The third kappa shape index (κ3) is 14.6. The number of benzene rings is 2. The van der Waals surface area contributed by atoms with Crippen molar-refractivity contribution >= 4 is 61.0 Å². The highest BCUT2D eigenvalue weighted by Crippen LogP contribution is 2.24. The minimum atomic E-state index is -4.51. The molecule has 0 saturated heterocycles. The zero-order chi connectivity index (χ0) is 36.4. The number of nitrogens with zero attached hydrogens (tertiary/aromatic N) is 4. The molecule has 3 rings (SSSR count). The van der Waals surface area contributed by atoms with E-state index in [1.807, 2.05) is 36.4 Å². The van der Waals surface area contributed by atoms with Crippen molar-refractivity contribution in [3.63, 3.8) is 0 Å². The number of nitrogens with one attached hydrogen (secondary N) is 1. The van der Waals surface area contributed by atoms with E-state index < -0.39 is 40.0 Å². The summed E-state index contributed by atoms with van der Waals surface area (Å²) in [4.78, 5) is 38.3. The number of ketones is 1. The third-order valence-corrected chi connectivity index (χ3v) is 8.18. The molecule has 1 unspecified atom stereocenters. The smallest absolute Gasteiger partial charge is 0.308 e. The number of nitrogens with two attached hydrogens (primary N) is 1. The van der Waals surface area contributed by atoms with Crippen LogP contribution in [0.3, 0.4) is 0 Å². The maximum atomic E-state index is 12.4. The van der Waals surface area contributed by atoms with Gasteiger partial charge in [0.2, 0.25) is 16.9 Å². The van der Waals surface area contributed by atoms with Crippen LogP contribution in [0.4, 0.5) is 11.4 Å². The summed E-state index contributed by atoms with van der Waals surface area (Å²) in [6, 6.07) is 13.2. The maximum Gasteiger partial charge on any atom is 0.308 e. The zero-order valence-corrected chi connectivity index (χ0v) is 28.4. The van der Waals surface area contributed by atoms with Gasteiger partial charge in [-0.25, -0.2) is 0 Å². The van der Waals surface area contributed by atoms with E-state index in [2.05, 4.69) is 19.9 Å². The highest BCUT2D eigenvalue weighted by Gasteiger charge is 2.26. The Balaban J connectivity index is 1.20. The molecule has 272 valence electrons. The number of aromatic nitrogens is 1. The molecular formula is C32H43N6O11S+. The number of carboxylic acid groups (broad SMARTS) is 1. The number of azide groups is 1. The molecule has 17 nitrogen and oxygen atoms in total. The third-order valence-electron chi connectivity index (χ3n) is 7.35. The summed E-state index contributed by atoms with van der Waals surface area (Å²) in [6.45, 7) is 3.02. The Bertz CT molecular complexity index is 1770. The molecule has 0 radical (unpaired) electrons. The lowest BCUT2D eigenvalue weighted by Gasteiger charge is -2.10. The number of Topliss-reactive ketones (excluding diaryl/α,β-unsaturated/α-hetero) is 1. The molecule has 0 aliphatic carbocycles. The lowest BCUT2D eigenvalue weighted by Crippen LogP contribution is -2.36. The van der Waals surface area contributed by atoms with E-state index in [-0.39, 0.29) is 32.1 Å². The van der Waals surface area contributed by atoms with Crippen LogP contribution in [0, 0.1) is 5.92 Å². The minimum Gasteiger partial charge on any atom is -0.481 e. The van der Waals surface area contributed by atoms with Gasteiger partial charge in [0.15, 0.2) is 0 Å². The summed E-state index contributed by atoms with van der Waals surface area (Å²) in [5.41, 5.74) is 17.8. The summed E-state index contributed by atoms with van der Waals surface area (Å²) in [5.74, 6) is -4.60. The highest BCUT2D eigenvalue weighted by atomic mass is 32.2. The number of fused-ring (bicyclic) bond motifs is 2. The zero-order valence-electron chi connectivity index (χ0n) is 27.6. The number of carbonyl (C=O) groups excluding carboxylic acids is 2. The van der Waals surface area contributed by atoms with Crippen molar-refractivity contribution in [2.75, 3.05) is 70.9 Å². The van der Waals surface area contributed by atoms with Crippen molar-refractivity contribution in [2.24, 2.45) is 11.0 Å². The molecule has 0 bridgehead atoms. The Morgan fingerprint density at radius 2 is 1.48 bits per heavy atom. The molecule has 0 aliphatic heterocycles. The SMILES string of the molecule is [N-]=[N+]=Nc1ccc2cc3ccc(N)cc3[n+](CCCC(=O)NCCOCCOCCOCCOCCC(=O)CC(CS(=O)(=O)O)C(=O)O)c2c1. The Labute approximate surface area is 289 Å². The van der Waals surface area contributed by atoms with Gasteiger partial charge in [-0.15, -0.1) is 0 Å². The number of nitrogen functional groups attached to an aromatic ring is 1. The number of hydrogen-bond acceptors (Lipinski definition) is 11. The molecule has 1 aromatic heterocycles. The van der Waals surface area contributed by atoms with Crippen LogP contribution in [0.15, 0.2) is 47.6 Å². The van der Waals surface area contributed by atoms with Gasteiger partial charge in [0.25, 0.3) is 10.1 Å². The number of rotatable bonds is 25. The number of anilines is 1. The second-order valence-electron chi connectivity index (χ2n) is 11.2. The molecular weight excluding hydrogens is 676 g/mol. The van der Waals surface area contributed by atoms with Crippen molar-refractivity contribution in [2.45, 2.75) is 32.2 Å². The number of hydrogen-bond donors (Lipinski definition) is 4. The van der Waals surface area contributed by atoms with Crippen molar-refractivity contribution in [1.29, 1.82) is 0 Å². The van der Waals surface area contributed by atoms with Crippen LogP contribution in [0.25, 0.3) is 32.2 Å². The lowest BCUT2D eigenvalue weighted by molar-refractivity contribution is -0.645. The second-order valence-corrected chi connectivity index (χ2v) is 12.7. The van der Waals surface area contributed by atoms with E-state index in [1.54, 1.807) is 6.07 Å². The fourth-order valence-corrected chi connectivity index (χ4v) is 5.77. The largest absolute Gasteiger partial charge is 0.481 e. The van der Waals surface area contributed by atoms with Gasteiger partial charge < -0.3 is 35.1 Å². The first-order valence-electron chi connectivity index (χ1n) is 15.9. The summed E-state index contributed by atoms with van der Waals surface area (Å²) in [7, 11) is -4.51. The van der Waals surface area contributed by atoms with Crippen LogP contribution in [0.2, 0.25) is 0 Å². The van der Waals surface area contributed by atoms with Crippen LogP contribution >= 0.6 is 0 Å². The van der Waals surface area contributed by atoms with Crippen molar-refractivity contribution in [3.05, 3.63) is 52.9 Å². The average molecular weight is 720 g/mol. The van der Waals surface area contributed by atoms with Crippen molar-refractivity contribution in [3.8, 4) is 0 Å². The van der Waals surface area contributed by atoms with Gasteiger partial charge in [0.1, 0.15) is 12.3 Å². The summed E-state index contributed by atoms with van der Waals surface area (Å²) in [5, 5.41) is 17.6. The Morgan fingerprint density at radius 3 is 2.10 bits per heavy atom. The summed E-state index contributed by atoms with van der Waals surface area (Å²) >= 11 is 0. The second kappa shape index (κ2) is 20.9. The molecule has 0 spiro atoms. The molecule has 0 saturated carbocycles. The lowest BCUT2D eigenvalue weighted by atomic mass is 10.0. The van der Waals surface area contributed by atoms with E-state index >= 15 is 0 Å². The molecule has 5 N–H and O–H groups in total. The van der Waals surface area contributed by atoms with Gasteiger partial charge in [-0.1, -0.05) is 11.2 Å². The molecule has 2 aromatic carbocycles. The Hall–Kier alpha value is -4.42. The van der Waals surface area contributed by atoms with Crippen molar-refractivity contribution in [1.82, 2.24) is 5.32 Å². The number of amides is 1. The number of carbonyl (C=O) groups is 3. The van der Waals surface area contributed by atoms with E-state index in [4.69, 9.17) is 39.9 Å². The monoisotopic (exact) mass is 719 g/mol. The fourth-order valence-electron chi connectivity index (χ4n) is 5.00. The van der Waals surface area contributed by atoms with E-state index in [0.717, 1.165) is 21.8 Å². The van der Waals surface area contributed by atoms with E-state index in [0.29, 0.717) is 70.3 Å². The van der Waals surface area contributed by atoms with Crippen molar-refractivity contribution < 1.29 is 56.0 Å². The van der Waals surface area contributed by atoms with Gasteiger partial charge in [0.05, 0.1) is 64.5 Å². The first kappa shape index (κ1) is 40.0. The number of aliphatic carboxylic acids is 1. The summed E-state index contributed by atoms with van der Waals surface area (Å²) < 4.78 is 54.2. The predicted octanol–water partition coefficient (Wildman–Crippen LogP) is 2.71. The van der Waals surface area contributed by atoms with Gasteiger partial charge in [-0.2, -0.15) is 13.0 Å². The van der Waals surface area contributed by atoms with Crippen LogP contribution in [0.5, 0.6) is 0 Å². The topological polar surface area (TPSA) is 253 Å². The van der Waals surface area contributed by atoms with E-state index in [9.17, 15) is 22.8 Å². The Kier molecular flexibility index (Phi) is 16.8. The molecule has 0 fully saturated rings. The van der Waals surface area contributed by atoms with Gasteiger partial charge in [0, 0.05) is 71.4 Å². The highest BCUT2D eigenvalue weighted by molar-refractivity contribution is 7.85. The standard InChI is InChI=1S/C32H42N6O11S/c33-26-5-3-23-18-24-4-6-27(36-37-34)21-30(24)38(29(23)20-26)9-1-2-31(40)35-8-11-47-13-15-49-17-16-48-14-12-46-10-7-28(39)19-25(32(41)42)22-50(43,44)45/h3-6,18,20-21,25,33H,1-2,7-17,19,22H2,(H3,35,40,41,42,43,44,45)/p+1. The fraction of sp³-hybridized carbons (Fsp3) is 0.500. The van der Waals surface area contributed by atoms with Gasteiger partial charge in [-0.05, 0) is 29.8 Å². The quantitative estimate of drug-likeness (QED) is 0.0144. The molecule has 3 aromatic rings. The first-order valence-corrected chi connectivity index (χ1v) is 17.6.